The van der Waals surface area contributed by atoms with E-state index in [9.17, 15) is 9.18 Å². The first-order valence-electron chi connectivity index (χ1n) is 8.41. The molecule has 26 heavy (non-hydrogen) atoms. The van der Waals surface area contributed by atoms with Crippen molar-refractivity contribution in [2.45, 2.75) is 13.0 Å². The van der Waals surface area contributed by atoms with Crippen molar-refractivity contribution in [1.29, 1.82) is 0 Å². The van der Waals surface area contributed by atoms with E-state index in [0.717, 1.165) is 29.8 Å². The summed E-state index contributed by atoms with van der Waals surface area (Å²) in [6.07, 6.45) is 3.52. The minimum Gasteiger partial charge on any atom is -0.496 e. The van der Waals surface area contributed by atoms with Gasteiger partial charge in [0.1, 0.15) is 11.6 Å². The molecule has 2 aromatic carbocycles. The summed E-state index contributed by atoms with van der Waals surface area (Å²) >= 11 is 0. The lowest BCUT2D eigenvalue weighted by molar-refractivity contribution is 0.102. The summed E-state index contributed by atoms with van der Waals surface area (Å²) in [6, 6.07) is 8.71. The third-order valence-electron chi connectivity index (χ3n) is 4.68. The van der Waals surface area contributed by atoms with E-state index in [1.54, 1.807) is 37.6 Å². The van der Waals surface area contributed by atoms with Crippen LogP contribution < -0.4 is 15.4 Å². The maximum Gasteiger partial charge on any atom is 0.255 e. The largest absolute Gasteiger partial charge is 0.496 e. The quantitative estimate of drug-likeness (QED) is 0.760. The summed E-state index contributed by atoms with van der Waals surface area (Å²) in [5.41, 5.74) is 3.18. The molecule has 0 saturated carbocycles. The lowest BCUT2D eigenvalue weighted by atomic mass is 9.94. The van der Waals surface area contributed by atoms with Crippen LogP contribution in [0, 0.1) is 5.82 Å². The third-order valence-corrected chi connectivity index (χ3v) is 4.68. The highest BCUT2D eigenvalue weighted by molar-refractivity contribution is 6.06. The zero-order valence-electron chi connectivity index (χ0n) is 14.3. The molecule has 1 aliphatic heterocycles. The minimum absolute atomic E-state index is 0.209. The first-order chi connectivity index (χ1) is 12.7. The number of hydrogen-bond acceptors (Lipinski definition) is 4. The van der Waals surface area contributed by atoms with E-state index in [4.69, 9.17) is 4.74 Å². The number of hydrogen-bond donors (Lipinski definition) is 2. The van der Waals surface area contributed by atoms with Crippen molar-refractivity contribution >= 4 is 22.4 Å². The Morgan fingerprint density at radius 1 is 1.23 bits per heavy atom. The number of nitrogens with zero attached hydrogens (tertiary/aromatic N) is 1. The van der Waals surface area contributed by atoms with Gasteiger partial charge in [0.2, 0.25) is 0 Å². The lowest BCUT2D eigenvalue weighted by Crippen LogP contribution is -2.27. The first-order valence-corrected chi connectivity index (χ1v) is 8.41. The summed E-state index contributed by atoms with van der Waals surface area (Å²) in [6.45, 7) is 1.49. The molecule has 1 aliphatic rings. The van der Waals surface area contributed by atoms with Crippen molar-refractivity contribution < 1.29 is 13.9 Å². The van der Waals surface area contributed by atoms with E-state index in [0.29, 0.717) is 28.6 Å². The maximum atomic E-state index is 13.9. The zero-order valence-corrected chi connectivity index (χ0v) is 14.3. The fraction of sp³-hybridized carbons (Fsp3) is 0.200. The summed E-state index contributed by atoms with van der Waals surface area (Å²) in [7, 11) is 1.63. The number of aromatic nitrogens is 1. The molecule has 0 atom stereocenters. The molecule has 1 aromatic heterocycles. The van der Waals surface area contributed by atoms with Crippen LogP contribution in [0.15, 0.2) is 42.7 Å². The van der Waals surface area contributed by atoms with Crippen LogP contribution in [0.1, 0.15) is 21.5 Å². The number of amides is 1. The van der Waals surface area contributed by atoms with E-state index in [1.165, 1.54) is 6.20 Å². The standard InChI is InChI=1S/C20H18FN3O2/c1-26-19-5-4-15(14-6-7-22-10-17(14)19)20(25)24-13-3-2-12-9-23-11-18(21)16(12)8-13/h2-5,8-9,11,22H,6-7,10H2,1H3,(H,24,25). The fourth-order valence-corrected chi connectivity index (χ4v) is 3.39. The predicted molar refractivity (Wildman–Crippen MR) is 98.1 cm³/mol. The van der Waals surface area contributed by atoms with E-state index in [-0.39, 0.29) is 5.91 Å². The van der Waals surface area contributed by atoms with Gasteiger partial charge in [-0.25, -0.2) is 4.39 Å². The van der Waals surface area contributed by atoms with Crippen LogP contribution >= 0.6 is 0 Å². The Morgan fingerprint density at radius 3 is 2.96 bits per heavy atom. The third kappa shape index (κ3) is 2.88. The second kappa shape index (κ2) is 6.72. The van der Waals surface area contributed by atoms with Gasteiger partial charge in [-0.1, -0.05) is 6.07 Å². The molecule has 1 amide bonds. The number of pyridine rings is 1. The summed E-state index contributed by atoms with van der Waals surface area (Å²) < 4.78 is 19.3. The highest BCUT2D eigenvalue weighted by Gasteiger charge is 2.21. The molecule has 4 rings (SSSR count). The van der Waals surface area contributed by atoms with Crippen LogP contribution in [0.25, 0.3) is 10.8 Å². The van der Waals surface area contributed by atoms with E-state index in [1.807, 2.05) is 6.07 Å². The van der Waals surface area contributed by atoms with Crippen molar-refractivity contribution in [3.05, 3.63) is 65.2 Å². The molecule has 0 unspecified atom stereocenters. The molecule has 2 N–H and O–H groups in total. The van der Waals surface area contributed by atoms with E-state index >= 15 is 0 Å². The summed E-state index contributed by atoms with van der Waals surface area (Å²) in [5.74, 6) is 0.162. The van der Waals surface area contributed by atoms with Gasteiger partial charge in [0, 0.05) is 40.3 Å². The van der Waals surface area contributed by atoms with Crippen LogP contribution in [0.2, 0.25) is 0 Å². The highest BCUT2D eigenvalue weighted by atomic mass is 19.1. The van der Waals surface area contributed by atoms with Gasteiger partial charge in [-0.2, -0.15) is 0 Å². The second-order valence-corrected chi connectivity index (χ2v) is 6.21. The Morgan fingerprint density at radius 2 is 2.12 bits per heavy atom. The van der Waals surface area contributed by atoms with Crippen LogP contribution in [0.4, 0.5) is 10.1 Å². The number of halogens is 1. The average Bonchev–Trinajstić information content (AvgIpc) is 2.67. The molecule has 2 heterocycles. The smallest absolute Gasteiger partial charge is 0.255 e. The normalized spacial score (nSPS) is 13.3. The number of benzene rings is 2. The van der Waals surface area contributed by atoms with Crippen molar-refractivity contribution in [2.75, 3.05) is 19.0 Å². The molecule has 0 bridgehead atoms. The SMILES string of the molecule is COc1ccc(C(=O)Nc2ccc3cncc(F)c3c2)c2c1CNCC2. The Balaban J connectivity index is 1.68. The molecule has 3 aromatic rings. The monoisotopic (exact) mass is 351 g/mol. The molecule has 0 fully saturated rings. The van der Waals surface area contributed by atoms with Crippen LogP contribution in [-0.2, 0) is 13.0 Å². The summed E-state index contributed by atoms with van der Waals surface area (Å²) in [4.78, 5) is 16.7. The van der Waals surface area contributed by atoms with Gasteiger partial charge in [-0.3, -0.25) is 9.78 Å². The molecule has 0 saturated heterocycles. The first kappa shape index (κ1) is 16.5. The number of methoxy groups -OCH3 is 1. The predicted octanol–water partition coefficient (Wildman–Crippen LogP) is 3.28. The number of fused-ring (bicyclic) bond motifs is 2. The summed E-state index contributed by atoms with van der Waals surface area (Å²) in [5, 5.41) is 7.30. The Bertz CT molecular complexity index is 1000. The molecule has 0 aliphatic carbocycles. The fourth-order valence-electron chi connectivity index (χ4n) is 3.39. The van der Waals surface area contributed by atoms with Crippen molar-refractivity contribution in [2.24, 2.45) is 0 Å². The van der Waals surface area contributed by atoms with Gasteiger partial charge in [0.05, 0.1) is 13.3 Å². The highest BCUT2D eigenvalue weighted by Crippen LogP contribution is 2.29. The van der Waals surface area contributed by atoms with Gasteiger partial charge in [-0.15, -0.1) is 0 Å². The topological polar surface area (TPSA) is 63.2 Å². The average molecular weight is 351 g/mol. The number of carbonyl (C=O) groups is 1. The number of ether oxygens (including phenoxy) is 1. The molecule has 5 nitrogen and oxygen atoms in total. The lowest BCUT2D eigenvalue weighted by Gasteiger charge is -2.22. The Kier molecular flexibility index (Phi) is 4.26. The van der Waals surface area contributed by atoms with Crippen molar-refractivity contribution in [3.8, 4) is 5.75 Å². The number of rotatable bonds is 3. The minimum atomic E-state index is -0.411. The molecular formula is C20H18FN3O2. The second-order valence-electron chi connectivity index (χ2n) is 6.21. The Hall–Kier alpha value is -2.99. The number of nitrogens with one attached hydrogen (secondary N) is 2. The number of carbonyl (C=O) groups excluding carboxylic acids is 1. The maximum absolute atomic E-state index is 13.9. The molecule has 6 heteroatoms. The number of anilines is 1. The van der Waals surface area contributed by atoms with E-state index in [2.05, 4.69) is 15.6 Å². The van der Waals surface area contributed by atoms with Gasteiger partial charge in [-0.05, 0) is 42.8 Å². The molecule has 0 spiro atoms. The van der Waals surface area contributed by atoms with Gasteiger partial charge in [0.15, 0.2) is 0 Å². The van der Waals surface area contributed by atoms with Gasteiger partial charge >= 0.3 is 0 Å². The van der Waals surface area contributed by atoms with Gasteiger partial charge < -0.3 is 15.4 Å². The zero-order chi connectivity index (χ0) is 18.1. The van der Waals surface area contributed by atoms with Crippen LogP contribution in [0.3, 0.4) is 0 Å². The van der Waals surface area contributed by atoms with E-state index < -0.39 is 5.82 Å². The van der Waals surface area contributed by atoms with Crippen molar-refractivity contribution in [1.82, 2.24) is 10.3 Å². The Labute approximate surface area is 150 Å². The van der Waals surface area contributed by atoms with Crippen LogP contribution in [-0.4, -0.2) is 24.5 Å². The molecule has 132 valence electrons. The van der Waals surface area contributed by atoms with Gasteiger partial charge in [0.25, 0.3) is 5.91 Å². The molecule has 0 radical (unpaired) electrons. The van der Waals surface area contributed by atoms with Crippen LogP contribution in [0.5, 0.6) is 5.75 Å². The molecular weight excluding hydrogens is 333 g/mol. The van der Waals surface area contributed by atoms with Crippen molar-refractivity contribution in [3.63, 3.8) is 0 Å².